The van der Waals surface area contributed by atoms with Gasteiger partial charge in [-0.05, 0) is 56.5 Å². The normalized spacial score (nSPS) is 17.6. The lowest BCUT2D eigenvalue weighted by Crippen LogP contribution is -2.43. The molecule has 0 aliphatic carbocycles. The summed E-state index contributed by atoms with van der Waals surface area (Å²) < 4.78 is 28.7. The number of likely N-dealkylation sites (tertiary alicyclic amines) is 1. The summed E-state index contributed by atoms with van der Waals surface area (Å²) in [6.45, 7) is 6.36. The molecule has 0 radical (unpaired) electrons. The van der Waals surface area contributed by atoms with Crippen LogP contribution in [0.5, 0.6) is 5.75 Å². The topological polar surface area (TPSA) is 69.1 Å². The van der Waals surface area contributed by atoms with Gasteiger partial charge in [-0.25, -0.2) is 0 Å². The van der Waals surface area contributed by atoms with E-state index in [1.165, 1.54) is 25.0 Å². The monoisotopic (exact) mass is 398 g/mol. The third kappa shape index (κ3) is 7.98. The van der Waals surface area contributed by atoms with Gasteiger partial charge in [-0.15, -0.1) is 0 Å². The highest BCUT2D eigenvalue weighted by Crippen LogP contribution is 2.19. The zero-order valence-electron chi connectivity index (χ0n) is 16.7. The number of halogens is 2. The summed E-state index contributed by atoms with van der Waals surface area (Å²) in [4.78, 5) is 6.88. The van der Waals surface area contributed by atoms with Gasteiger partial charge in [-0.2, -0.15) is 8.78 Å². The molecule has 158 valence electrons. The smallest absolute Gasteiger partial charge is 0.387 e. The maximum atomic E-state index is 12.2. The van der Waals surface area contributed by atoms with Crippen LogP contribution >= 0.6 is 0 Å². The number of benzene rings is 1. The molecule has 1 fully saturated rings. The Hall–Kier alpha value is -1.93. The highest BCUT2D eigenvalue weighted by atomic mass is 19.3. The first-order chi connectivity index (χ1) is 13.5. The number of nitrogens with zero attached hydrogens (tertiary/aromatic N) is 2. The third-order valence-corrected chi connectivity index (χ3v) is 4.85. The SMILES string of the molecule is CCNC(=NCC(O)c1ccc(OC(F)F)cc1)NCCN1CCC(C)CC1. The molecule has 0 amide bonds. The second kappa shape index (κ2) is 11.8. The number of alkyl halides is 2. The quantitative estimate of drug-likeness (QED) is 0.441. The van der Waals surface area contributed by atoms with E-state index >= 15 is 0 Å². The number of rotatable bonds is 9. The van der Waals surface area contributed by atoms with Crippen molar-refractivity contribution >= 4 is 5.96 Å². The van der Waals surface area contributed by atoms with Crippen LogP contribution in [0.2, 0.25) is 0 Å². The zero-order valence-corrected chi connectivity index (χ0v) is 16.7. The van der Waals surface area contributed by atoms with Crippen molar-refractivity contribution in [1.29, 1.82) is 0 Å². The minimum atomic E-state index is -2.86. The molecule has 1 aliphatic rings. The number of hydrogen-bond acceptors (Lipinski definition) is 4. The summed E-state index contributed by atoms with van der Waals surface area (Å²) in [5.41, 5.74) is 0.601. The molecule has 28 heavy (non-hydrogen) atoms. The minimum absolute atomic E-state index is 0.0663. The fraction of sp³-hybridized carbons (Fsp3) is 0.650. The number of hydrogen-bond donors (Lipinski definition) is 3. The molecule has 0 saturated carbocycles. The fourth-order valence-corrected chi connectivity index (χ4v) is 3.11. The van der Waals surface area contributed by atoms with Gasteiger partial charge in [-0.1, -0.05) is 19.1 Å². The van der Waals surface area contributed by atoms with E-state index in [-0.39, 0.29) is 12.3 Å². The Balaban J connectivity index is 1.80. The standard InChI is InChI=1S/C20H32F2N4O2/c1-3-23-20(24-10-13-26-11-8-15(2)9-12-26)25-14-18(27)16-4-6-17(7-5-16)28-19(21)22/h4-7,15,18-19,27H,3,8-14H2,1-2H3,(H2,23,24,25). The second-order valence-corrected chi connectivity index (χ2v) is 7.13. The van der Waals surface area contributed by atoms with Gasteiger partial charge in [0.25, 0.3) is 0 Å². The number of nitrogens with one attached hydrogen (secondary N) is 2. The van der Waals surface area contributed by atoms with Gasteiger partial charge in [0.2, 0.25) is 0 Å². The first kappa shape index (κ1) is 22.4. The summed E-state index contributed by atoms with van der Waals surface area (Å²) in [6.07, 6.45) is 1.68. The van der Waals surface area contributed by atoms with Crippen molar-refractivity contribution in [2.45, 2.75) is 39.4 Å². The molecule has 1 saturated heterocycles. The van der Waals surface area contributed by atoms with Crippen molar-refractivity contribution in [3.8, 4) is 5.75 Å². The molecule has 1 aromatic carbocycles. The number of aliphatic hydroxyl groups is 1. The Bertz CT molecular complexity index is 590. The average Bonchev–Trinajstić information content (AvgIpc) is 2.67. The van der Waals surface area contributed by atoms with Gasteiger partial charge >= 0.3 is 6.61 Å². The Morgan fingerprint density at radius 3 is 2.54 bits per heavy atom. The van der Waals surface area contributed by atoms with Crippen LogP contribution < -0.4 is 15.4 Å². The molecule has 1 unspecified atom stereocenters. The number of aliphatic imine (C=N–C) groups is 1. The molecule has 2 rings (SSSR count). The molecule has 1 aliphatic heterocycles. The van der Waals surface area contributed by atoms with Crippen molar-refractivity contribution in [2.75, 3.05) is 39.3 Å². The van der Waals surface area contributed by atoms with Gasteiger partial charge in [0.15, 0.2) is 5.96 Å². The van der Waals surface area contributed by atoms with Crippen molar-refractivity contribution in [1.82, 2.24) is 15.5 Å². The lowest BCUT2D eigenvalue weighted by molar-refractivity contribution is -0.0498. The van der Waals surface area contributed by atoms with Crippen LogP contribution in [0.1, 0.15) is 38.4 Å². The predicted octanol–water partition coefficient (Wildman–Crippen LogP) is 2.61. The van der Waals surface area contributed by atoms with Crippen molar-refractivity contribution in [2.24, 2.45) is 10.9 Å². The van der Waals surface area contributed by atoms with Gasteiger partial charge in [-0.3, -0.25) is 4.99 Å². The number of aliphatic hydroxyl groups excluding tert-OH is 1. The number of guanidine groups is 1. The van der Waals surface area contributed by atoms with E-state index in [0.717, 1.165) is 38.6 Å². The molecule has 1 atom stereocenters. The molecule has 1 heterocycles. The molecular formula is C20H32F2N4O2. The predicted molar refractivity (Wildman–Crippen MR) is 107 cm³/mol. The minimum Gasteiger partial charge on any atom is -0.435 e. The first-order valence-electron chi connectivity index (χ1n) is 9.95. The summed E-state index contributed by atoms with van der Waals surface area (Å²) >= 11 is 0. The third-order valence-electron chi connectivity index (χ3n) is 4.85. The van der Waals surface area contributed by atoms with Crippen LogP contribution in [0.25, 0.3) is 0 Å². The maximum Gasteiger partial charge on any atom is 0.387 e. The van der Waals surface area contributed by atoms with E-state index in [0.29, 0.717) is 11.5 Å². The van der Waals surface area contributed by atoms with Crippen molar-refractivity contribution in [3.63, 3.8) is 0 Å². The number of ether oxygens (including phenoxy) is 1. The Labute approximate surface area is 166 Å². The van der Waals surface area contributed by atoms with Gasteiger partial charge in [0, 0.05) is 19.6 Å². The molecule has 8 heteroatoms. The summed E-state index contributed by atoms with van der Waals surface area (Å²) in [6, 6.07) is 5.96. The van der Waals surface area contributed by atoms with Crippen LogP contribution in [0.15, 0.2) is 29.3 Å². The molecular weight excluding hydrogens is 366 g/mol. The molecule has 0 spiro atoms. The lowest BCUT2D eigenvalue weighted by atomic mass is 9.99. The lowest BCUT2D eigenvalue weighted by Gasteiger charge is -2.30. The molecule has 0 aromatic heterocycles. The Morgan fingerprint density at radius 1 is 1.25 bits per heavy atom. The van der Waals surface area contributed by atoms with Crippen LogP contribution in [0, 0.1) is 5.92 Å². The number of piperidine rings is 1. The van der Waals surface area contributed by atoms with E-state index in [1.54, 1.807) is 12.1 Å². The van der Waals surface area contributed by atoms with Crippen molar-refractivity contribution in [3.05, 3.63) is 29.8 Å². The largest absolute Gasteiger partial charge is 0.435 e. The van der Waals surface area contributed by atoms with Gasteiger partial charge in [0.1, 0.15) is 5.75 Å². The van der Waals surface area contributed by atoms with Crippen molar-refractivity contribution < 1.29 is 18.6 Å². The van der Waals surface area contributed by atoms with E-state index in [4.69, 9.17) is 0 Å². The highest BCUT2D eigenvalue weighted by Gasteiger charge is 2.15. The molecule has 3 N–H and O–H groups in total. The highest BCUT2D eigenvalue weighted by molar-refractivity contribution is 5.79. The summed E-state index contributed by atoms with van der Waals surface area (Å²) in [5, 5.41) is 16.8. The van der Waals surface area contributed by atoms with Crippen LogP contribution in [-0.2, 0) is 0 Å². The van der Waals surface area contributed by atoms with E-state index < -0.39 is 12.7 Å². The Morgan fingerprint density at radius 2 is 1.93 bits per heavy atom. The second-order valence-electron chi connectivity index (χ2n) is 7.13. The molecule has 1 aromatic rings. The molecule has 0 bridgehead atoms. The van der Waals surface area contributed by atoms with Gasteiger partial charge in [0.05, 0.1) is 12.6 Å². The van der Waals surface area contributed by atoms with Crippen LogP contribution in [0.4, 0.5) is 8.78 Å². The molecule has 6 nitrogen and oxygen atoms in total. The zero-order chi connectivity index (χ0) is 20.4. The first-order valence-corrected chi connectivity index (χ1v) is 9.95. The van der Waals surface area contributed by atoms with E-state index in [1.807, 2.05) is 6.92 Å². The maximum absolute atomic E-state index is 12.2. The fourth-order valence-electron chi connectivity index (χ4n) is 3.11. The average molecular weight is 398 g/mol. The Kier molecular flexibility index (Phi) is 9.43. The van der Waals surface area contributed by atoms with Crippen LogP contribution in [0.3, 0.4) is 0 Å². The van der Waals surface area contributed by atoms with Gasteiger partial charge < -0.3 is 25.4 Å². The summed E-state index contributed by atoms with van der Waals surface area (Å²) in [7, 11) is 0. The van der Waals surface area contributed by atoms with E-state index in [2.05, 4.69) is 32.2 Å². The van der Waals surface area contributed by atoms with Crippen LogP contribution in [-0.4, -0.2) is 61.8 Å². The van der Waals surface area contributed by atoms with E-state index in [9.17, 15) is 13.9 Å². The summed E-state index contributed by atoms with van der Waals surface area (Å²) in [5.74, 6) is 1.54.